The SMILES string of the molecule is Cc1c(CCBr)ccc(F)c1F. The third-order valence-corrected chi connectivity index (χ3v) is 2.21. The molecule has 0 unspecified atom stereocenters. The molecule has 0 aliphatic heterocycles. The summed E-state index contributed by atoms with van der Waals surface area (Å²) in [5, 5.41) is 0.763. The molecule has 0 aromatic heterocycles. The van der Waals surface area contributed by atoms with Gasteiger partial charge in [-0.3, -0.25) is 0 Å². The van der Waals surface area contributed by atoms with Crippen LogP contribution in [0.5, 0.6) is 0 Å². The Morgan fingerprint density at radius 3 is 2.58 bits per heavy atom. The number of benzene rings is 1. The number of alkyl halides is 1. The molecule has 0 nitrogen and oxygen atoms in total. The normalized spacial score (nSPS) is 10.3. The number of hydrogen-bond donors (Lipinski definition) is 0. The van der Waals surface area contributed by atoms with E-state index in [-0.39, 0.29) is 0 Å². The molecule has 0 bridgehead atoms. The molecule has 1 rings (SSSR count). The predicted molar refractivity (Wildman–Crippen MR) is 48.6 cm³/mol. The average Bonchev–Trinajstić information content (AvgIpc) is 2.07. The van der Waals surface area contributed by atoms with Gasteiger partial charge in [0.2, 0.25) is 0 Å². The van der Waals surface area contributed by atoms with Gasteiger partial charge in [-0.25, -0.2) is 8.78 Å². The molecule has 0 amide bonds. The minimum absolute atomic E-state index is 0.412. The molecule has 0 fully saturated rings. The van der Waals surface area contributed by atoms with Crippen molar-refractivity contribution in [2.45, 2.75) is 13.3 Å². The van der Waals surface area contributed by atoms with Gasteiger partial charge in [0, 0.05) is 5.33 Å². The second-order valence-electron chi connectivity index (χ2n) is 2.58. The molecule has 0 aliphatic rings. The van der Waals surface area contributed by atoms with Crippen LogP contribution in [-0.2, 0) is 6.42 Å². The first-order chi connectivity index (χ1) is 5.66. The van der Waals surface area contributed by atoms with Gasteiger partial charge in [-0.1, -0.05) is 22.0 Å². The van der Waals surface area contributed by atoms with Gasteiger partial charge in [0.15, 0.2) is 11.6 Å². The zero-order chi connectivity index (χ0) is 9.14. The Balaban J connectivity index is 3.08. The third-order valence-electron chi connectivity index (χ3n) is 1.82. The lowest BCUT2D eigenvalue weighted by Crippen LogP contribution is -1.96. The van der Waals surface area contributed by atoms with Crippen LogP contribution in [0.3, 0.4) is 0 Å². The first-order valence-electron chi connectivity index (χ1n) is 3.66. The quantitative estimate of drug-likeness (QED) is 0.690. The fourth-order valence-corrected chi connectivity index (χ4v) is 1.49. The lowest BCUT2D eigenvalue weighted by molar-refractivity contribution is 0.501. The zero-order valence-corrected chi connectivity index (χ0v) is 8.29. The van der Waals surface area contributed by atoms with Gasteiger partial charge in [-0.15, -0.1) is 0 Å². The van der Waals surface area contributed by atoms with Crippen LogP contribution in [0.4, 0.5) is 8.78 Å². The molecule has 0 atom stereocenters. The smallest absolute Gasteiger partial charge is 0.161 e. The Bertz CT molecular complexity index is 284. The molecular formula is C9H9BrF2. The van der Waals surface area contributed by atoms with Crippen LogP contribution in [-0.4, -0.2) is 5.33 Å². The Kier molecular flexibility index (Phi) is 3.20. The molecule has 0 saturated carbocycles. The fourth-order valence-electron chi connectivity index (χ4n) is 1.06. The molecule has 1 aromatic carbocycles. The highest BCUT2D eigenvalue weighted by atomic mass is 79.9. The van der Waals surface area contributed by atoms with Crippen molar-refractivity contribution in [3.8, 4) is 0 Å². The van der Waals surface area contributed by atoms with Crippen molar-refractivity contribution in [1.29, 1.82) is 0 Å². The predicted octanol–water partition coefficient (Wildman–Crippen LogP) is 3.21. The minimum atomic E-state index is -0.772. The number of rotatable bonds is 2. The lowest BCUT2D eigenvalue weighted by Gasteiger charge is -2.04. The summed E-state index contributed by atoms with van der Waals surface area (Å²) in [7, 11) is 0. The summed E-state index contributed by atoms with van der Waals surface area (Å²) in [4.78, 5) is 0. The molecule has 0 spiro atoms. The number of aryl methyl sites for hydroxylation is 1. The summed E-state index contributed by atoms with van der Waals surface area (Å²) < 4.78 is 25.5. The van der Waals surface area contributed by atoms with Crippen LogP contribution in [0.2, 0.25) is 0 Å². The second-order valence-corrected chi connectivity index (χ2v) is 3.38. The van der Waals surface area contributed by atoms with Crippen molar-refractivity contribution in [2.75, 3.05) is 5.33 Å². The van der Waals surface area contributed by atoms with Gasteiger partial charge < -0.3 is 0 Å². The maximum Gasteiger partial charge on any atom is 0.161 e. The van der Waals surface area contributed by atoms with E-state index in [9.17, 15) is 8.78 Å². The molecule has 12 heavy (non-hydrogen) atoms. The first kappa shape index (κ1) is 9.65. The van der Waals surface area contributed by atoms with Crippen molar-refractivity contribution in [3.63, 3.8) is 0 Å². The standard InChI is InChI=1S/C9H9BrF2/c1-6-7(4-5-10)2-3-8(11)9(6)12/h2-3H,4-5H2,1H3. The first-order valence-corrected chi connectivity index (χ1v) is 4.78. The lowest BCUT2D eigenvalue weighted by atomic mass is 10.1. The van der Waals surface area contributed by atoms with Gasteiger partial charge in [0.05, 0.1) is 0 Å². The Hall–Kier alpha value is -0.440. The molecule has 0 N–H and O–H groups in total. The van der Waals surface area contributed by atoms with Gasteiger partial charge in [-0.2, -0.15) is 0 Å². The molecule has 0 saturated heterocycles. The molecule has 1 aromatic rings. The van der Waals surface area contributed by atoms with E-state index >= 15 is 0 Å². The number of hydrogen-bond acceptors (Lipinski definition) is 0. The van der Waals surface area contributed by atoms with E-state index in [1.807, 2.05) is 0 Å². The number of halogens is 3. The molecule has 0 heterocycles. The van der Waals surface area contributed by atoms with E-state index in [0.717, 1.165) is 17.3 Å². The Labute approximate surface area is 78.7 Å². The van der Waals surface area contributed by atoms with Gasteiger partial charge in [-0.05, 0) is 30.5 Å². The van der Waals surface area contributed by atoms with Crippen molar-refractivity contribution >= 4 is 15.9 Å². The summed E-state index contributed by atoms with van der Waals surface area (Å²) in [6.07, 6.45) is 0.725. The van der Waals surface area contributed by atoms with Crippen LogP contribution in [0, 0.1) is 18.6 Å². The summed E-state index contributed by atoms with van der Waals surface area (Å²) in [6.45, 7) is 1.59. The second kappa shape index (κ2) is 3.99. The van der Waals surface area contributed by atoms with E-state index in [2.05, 4.69) is 15.9 Å². The third kappa shape index (κ3) is 1.83. The highest BCUT2D eigenvalue weighted by molar-refractivity contribution is 9.09. The average molecular weight is 235 g/mol. The molecule has 66 valence electrons. The molecule has 3 heteroatoms. The van der Waals surface area contributed by atoms with Crippen molar-refractivity contribution in [1.82, 2.24) is 0 Å². The molecule has 0 aliphatic carbocycles. The van der Waals surface area contributed by atoms with Crippen LogP contribution < -0.4 is 0 Å². The van der Waals surface area contributed by atoms with Crippen molar-refractivity contribution in [2.24, 2.45) is 0 Å². The fraction of sp³-hybridized carbons (Fsp3) is 0.333. The van der Waals surface area contributed by atoms with Crippen molar-refractivity contribution in [3.05, 3.63) is 34.9 Å². The summed E-state index contributed by atoms with van der Waals surface area (Å²) >= 11 is 3.25. The van der Waals surface area contributed by atoms with E-state index in [1.54, 1.807) is 13.0 Å². The minimum Gasteiger partial charge on any atom is -0.204 e. The summed E-state index contributed by atoms with van der Waals surface area (Å²) in [6, 6.07) is 2.79. The summed E-state index contributed by atoms with van der Waals surface area (Å²) in [5.41, 5.74) is 1.26. The Morgan fingerprint density at radius 1 is 1.33 bits per heavy atom. The Morgan fingerprint density at radius 2 is 2.00 bits per heavy atom. The monoisotopic (exact) mass is 234 g/mol. The van der Waals surface area contributed by atoms with Crippen LogP contribution in [0.1, 0.15) is 11.1 Å². The highest BCUT2D eigenvalue weighted by Gasteiger charge is 2.08. The van der Waals surface area contributed by atoms with Crippen LogP contribution in [0.15, 0.2) is 12.1 Å². The topological polar surface area (TPSA) is 0 Å². The largest absolute Gasteiger partial charge is 0.204 e. The highest BCUT2D eigenvalue weighted by Crippen LogP contribution is 2.16. The summed E-state index contributed by atoms with van der Waals surface area (Å²) in [5.74, 6) is -1.50. The van der Waals surface area contributed by atoms with Crippen LogP contribution >= 0.6 is 15.9 Å². The molecular weight excluding hydrogens is 226 g/mol. The zero-order valence-electron chi connectivity index (χ0n) is 6.70. The van der Waals surface area contributed by atoms with E-state index in [4.69, 9.17) is 0 Å². The maximum atomic E-state index is 12.9. The van der Waals surface area contributed by atoms with Crippen molar-refractivity contribution < 1.29 is 8.78 Å². The molecule has 0 radical (unpaired) electrons. The van der Waals surface area contributed by atoms with Gasteiger partial charge in [0.1, 0.15) is 0 Å². The van der Waals surface area contributed by atoms with E-state index in [0.29, 0.717) is 5.56 Å². The maximum absolute atomic E-state index is 12.9. The van der Waals surface area contributed by atoms with E-state index in [1.165, 1.54) is 6.07 Å². The van der Waals surface area contributed by atoms with Gasteiger partial charge in [0.25, 0.3) is 0 Å². The van der Waals surface area contributed by atoms with Gasteiger partial charge >= 0.3 is 0 Å². The van der Waals surface area contributed by atoms with Crippen LogP contribution in [0.25, 0.3) is 0 Å². The van der Waals surface area contributed by atoms with E-state index < -0.39 is 11.6 Å².